The normalized spacial score (nSPS) is 13.3. The summed E-state index contributed by atoms with van der Waals surface area (Å²) in [5.74, 6) is 0. The van der Waals surface area contributed by atoms with E-state index in [4.69, 9.17) is 5.73 Å². The molecule has 1 rings (SSSR count). The molecule has 0 heterocycles. The first-order chi connectivity index (χ1) is 9.94. The second-order valence-electron chi connectivity index (χ2n) is 5.54. The smallest absolute Gasteiger partial charge is 0.240 e. The molecule has 1 atom stereocenters. The van der Waals surface area contributed by atoms with Gasteiger partial charge < -0.3 is 5.73 Å². The minimum atomic E-state index is -3.47. The Bertz CT molecular complexity index is 541. The van der Waals surface area contributed by atoms with Crippen LogP contribution in [0.5, 0.6) is 0 Å². The summed E-state index contributed by atoms with van der Waals surface area (Å²) in [5.41, 5.74) is 7.56. The zero-order valence-electron chi connectivity index (χ0n) is 13.4. The SMILES string of the molecule is CCCCC(CCC)NS(=O)(=O)c1ccc(C)c(CN)c1. The second kappa shape index (κ2) is 8.51. The van der Waals surface area contributed by atoms with Gasteiger partial charge in [-0.3, -0.25) is 0 Å². The molecule has 1 aromatic carbocycles. The van der Waals surface area contributed by atoms with E-state index in [0.717, 1.165) is 43.2 Å². The predicted molar refractivity (Wildman–Crippen MR) is 87.6 cm³/mol. The lowest BCUT2D eigenvalue weighted by molar-refractivity contribution is 0.483. The Morgan fingerprint density at radius 3 is 2.48 bits per heavy atom. The van der Waals surface area contributed by atoms with Crippen LogP contribution >= 0.6 is 0 Å². The van der Waals surface area contributed by atoms with Crippen LogP contribution in [0.2, 0.25) is 0 Å². The molecule has 0 fully saturated rings. The quantitative estimate of drug-likeness (QED) is 0.736. The van der Waals surface area contributed by atoms with Gasteiger partial charge in [-0.1, -0.05) is 39.2 Å². The number of unbranched alkanes of at least 4 members (excludes halogenated alkanes) is 1. The van der Waals surface area contributed by atoms with Crippen molar-refractivity contribution in [3.05, 3.63) is 29.3 Å². The summed E-state index contributed by atoms with van der Waals surface area (Å²) in [6.07, 6.45) is 4.84. The van der Waals surface area contributed by atoms with E-state index < -0.39 is 10.0 Å². The molecule has 0 aliphatic carbocycles. The molecule has 0 spiro atoms. The molecule has 120 valence electrons. The average Bonchev–Trinajstić information content (AvgIpc) is 2.45. The van der Waals surface area contributed by atoms with E-state index in [0.29, 0.717) is 11.4 Å². The van der Waals surface area contributed by atoms with E-state index >= 15 is 0 Å². The van der Waals surface area contributed by atoms with Crippen LogP contribution in [-0.2, 0) is 16.6 Å². The molecule has 0 saturated carbocycles. The summed E-state index contributed by atoms with van der Waals surface area (Å²) < 4.78 is 27.9. The van der Waals surface area contributed by atoms with Crippen molar-refractivity contribution in [3.63, 3.8) is 0 Å². The molecular weight excluding hydrogens is 284 g/mol. The number of rotatable bonds is 9. The third kappa shape index (κ3) is 5.41. The van der Waals surface area contributed by atoms with Gasteiger partial charge in [0.25, 0.3) is 0 Å². The molecule has 0 amide bonds. The summed E-state index contributed by atoms with van der Waals surface area (Å²) in [6.45, 7) is 6.48. The average molecular weight is 312 g/mol. The largest absolute Gasteiger partial charge is 0.326 e. The minimum Gasteiger partial charge on any atom is -0.326 e. The second-order valence-corrected chi connectivity index (χ2v) is 7.26. The maximum absolute atomic E-state index is 12.5. The van der Waals surface area contributed by atoms with Crippen LogP contribution in [0.1, 0.15) is 57.1 Å². The fraction of sp³-hybridized carbons (Fsp3) is 0.625. The Labute approximate surface area is 129 Å². The molecule has 0 aliphatic rings. The molecule has 3 N–H and O–H groups in total. The van der Waals surface area contributed by atoms with E-state index in [1.807, 2.05) is 13.0 Å². The summed E-state index contributed by atoms with van der Waals surface area (Å²) in [6, 6.07) is 5.17. The standard InChI is InChI=1S/C16H28N2O2S/c1-4-6-8-15(7-5-2)18-21(19,20)16-10-9-13(3)14(11-16)12-17/h9-11,15,18H,4-8,12,17H2,1-3H3. The van der Waals surface area contributed by atoms with Gasteiger partial charge in [0.05, 0.1) is 4.90 Å². The summed E-state index contributed by atoms with van der Waals surface area (Å²) >= 11 is 0. The third-order valence-electron chi connectivity index (χ3n) is 3.72. The van der Waals surface area contributed by atoms with E-state index in [1.165, 1.54) is 0 Å². The Hall–Kier alpha value is -0.910. The monoisotopic (exact) mass is 312 g/mol. The van der Waals surface area contributed by atoms with Gasteiger partial charge in [-0.15, -0.1) is 0 Å². The summed E-state index contributed by atoms with van der Waals surface area (Å²) in [5, 5.41) is 0. The fourth-order valence-corrected chi connectivity index (χ4v) is 3.74. The van der Waals surface area contributed by atoms with Gasteiger partial charge in [0.2, 0.25) is 10.0 Å². The number of sulfonamides is 1. The first kappa shape index (κ1) is 18.1. The van der Waals surface area contributed by atoms with Crippen molar-refractivity contribution in [2.75, 3.05) is 0 Å². The Kier molecular flexibility index (Phi) is 7.35. The van der Waals surface area contributed by atoms with Crippen LogP contribution in [0, 0.1) is 6.92 Å². The molecule has 5 heteroatoms. The number of hydrogen-bond acceptors (Lipinski definition) is 3. The predicted octanol–water partition coefficient (Wildman–Crippen LogP) is 3.09. The van der Waals surface area contributed by atoms with Gasteiger partial charge in [-0.2, -0.15) is 0 Å². The third-order valence-corrected chi connectivity index (χ3v) is 5.23. The first-order valence-corrected chi connectivity index (χ1v) is 9.24. The van der Waals surface area contributed by atoms with Crippen LogP contribution in [-0.4, -0.2) is 14.5 Å². The molecule has 0 saturated heterocycles. The van der Waals surface area contributed by atoms with E-state index in [-0.39, 0.29) is 6.04 Å². The lowest BCUT2D eigenvalue weighted by Gasteiger charge is -2.18. The van der Waals surface area contributed by atoms with Crippen molar-refractivity contribution in [1.29, 1.82) is 0 Å². The molecule has 1 aromatic rings. The van der Waals surface area contributed by atoms with Gasteiger partial charge in [0, 0.05) is 12.6 Å². The molecule has 1 unspecified atom stereocenters. The first-order valence-electron chi connectivity index (χ1n) is 7.76. The number of hydrogen-bond donors (Lipinski definition) is 2. The molecule has 0 radical (unpaired) electrons. The number of benzene rings is 1. The van der Waals surface area contributed by atoms with Gasteiger partial charge in [0.15, 0.2) is 0 Å². The number of aryl methyl sites for hydroxylation is 1. The molecule has 0 aromatic heterocycles. The van der Waals surface area contributed by atoms with Crippen LogP contribution in [0.15, 0.2) is 23.1 Å². The Balaban J connectivity index is 2.93. The number of nitrogens with two attached hydrogens (primary N) is 1. The van der Waals surface area contributed by atoms with Crippen molar-refractivity contribution in [3.8, 4) is 0 Å². The van der Waals surface area contributed by atoms with Crippen molar-refractivity contribution >= 4 is 10.0 Å². The fourth-order valence-electron chi connectivity index (χ4n) is 2.38. The minimum absolute atomic E-state index is 0.0163. The van der Waals surface area contributed by atoms with E-state index in [2.05, 4.69) is 18.6 Å². The highest BCUT2D eigenvalue weighted by Gasteiger charge is 2.19. The molecule has 0 aliphatic heterocycles. The van der Waals surface area contributed by atoms with E-state index in [1.54, 1.807) is 12.1 Å². The molecule has 4 nitrogen and oxygen atoms in total. The van der Waals surface area contributed by atoms with Gasteiger partial charge >= 0.3 is 0 Å². The van der Waals surface area contributed by atoms with Crippen molar-refractivity contribution in [2.45, 2.75) is 70.4 Å². The molecule has 21 heavy (non-hydrogen) atoms. The maximum Gasteiger partial charge on any atom is 0.240 e. The summed E-state index contributed by atoms with van der Waals surface area (Å²) in [7, 11) is -3.47. The zero-order chi connectivity index (χ0) is 15.9. The van der Waals surface area contributed by atoms with Crippen LogP contribution in [0.3, 0.4) is 0 Å². The van der Waals surface area contributed by atoms with Gasteiger partial charge in [-0.05, 0) is 43.0 Å². The highest BCUT2D eigenvalue weighted by atomic mass is 32.2. The Morgan fingerprint density at radius 1 is 1.19 bits per heavy atom. The van der Waals surface area contributed by atoms with Crippen molar-refractivity contribution in [2.24, 2.45) is 5.73 Å². The van der Waals surface area contributed by atoms with Crippen LogP contribution in [0.4, 0.5) is 0 Å². The van der Waals surface area contributed by atoms with Crippen molar-refractivity contribution < 1.29 is 8.42 Å². The lowest BCUT2D eigenvalue weighted by Crippen LogP contribution is -2.34. The van der Waals surface area contributed by atoms with E-state index in [9.17, 15) is 8.42 Å². The summed E-state index contributed by atoms with van der Waals surface area (Å²) in [4.78, 5) is 0.311. The number of nitrogens with one attached hydrogen (secondary N) is 1. The van der Waals surface area contributed by atoms with Crippen molar-refractivity contribution in [1.82, 2.24) is 4.72 Å². The maximum atomic E-state index is 12.5. The zero-order valence-corrected chi connectivity index (χ0v) is 14.2. The van der Waals surface area contributed by atoms with Gasteiger partial charge in [-0.25, -0.2) is 13.1 Å². The molecular formula is C16H28N2O2S. The Morgan fingerprint density at radius 2 is 1.90 bits per heavy atom. The topological polar surface area (TPSA) is 72.2 Å². The van der Waals surface area contributed by atoms with Gasteiger partial charge in [0.1, 0.15) is 0 Å². The lowest BCUT2D eigenvalue weighted by atomic mass is 10.1. The molecule has 0 bridgehead atoms. The highest BCUT2D eigenvalue weighted by molar-refractivity contribution is 7.89. The highest BCUT2D eigenvalue weighted by Crippen LogP contribution is 2.17. The van der Waals surface area contributed by atoms with Crippen LogP contribution in [0.25, 0.3) is 0 Å². The van der Waals surface area contributed by atoms with Crippen LogP contribution < -0.4 is 10.5 Å².